The summed E-state index contributed by atoms with van der Waals surface area (Å²) < 4.78 is 0. The van der Waals surface area contributed by atoms with Crippen LogP contribution in [0.4, 0.5) is 11.4 Å². The van der Waals surface area contributed by atoms with Crippen molar-refractivity contribution in [2.45, 2.75) is 6.42 Å². The van der Waals surface area contributed by atoms with Gasteiger partial charge in [-0.25, -0.2) is 0 Å². The number of aromatic amines is 1. The third-order valence-corrected chi connectivity index (χ3v) is 4.62. The molecule has 2 N–H and O–H groups in total. The number of benzene rings is 2. The first-order valence-corrected chi connectivity index (χ1v) is 7.87. The summed E-state index contributed by atoms with van der Waals surface area (Å²) in [4.78, 5) is 5.52. The molecule has 4 heteroatoms. The van der Waals surface area contributed by atoms with Crippen LogP contribution >= 0.6 is 0 Å². The van der Waals surface area contributed by atoms with Crippen molar-refractivity contribution in [3.8, 4) is 0 Å². The van der Waals surface area contributed by atoms with Crippen molar-refractivity contribution in [3.05, 3.63) is 65.9 Å². The normalized spacial score (nSPS) is 15.8. The molecule has 0 saturated heterocycles. The highest BCUT2D eigenvalue weighted by Crippen LogP contribution is 2.32. The zero-order valence-corrected chi connectivity index (χ0v) is 12.6. The van der Waals surface area contributed by atoms with E-state index in [-0.39, 0.29) is 0 Å². The molecule has 0 fully saturated rings. The zero-order valence-electron chi connectivity index (χ0n) is 12.6. The Labute approximate surface area is 134 Å². The van der Waals surface area contributed by atoms with Gasteiger partial charge in [-0.3, -0.25) is 5.43 Å². The third-order valence-electron chi connectivity index (χ3n) is 4.62. The van der Waals surface area contributed by atoms with Gasteiger partial charge >= 0.3 is 0 Å². The maximum Gasteiger partial charge on any atom is 0.153 e. The molecule has 0 saturated carbocycles. The minimum absolute atomic E-state index is 0.954. The number of nitrogens with zero attached hydrogens (tertiary/aromatic N) is 2. The molecule has 23 heavy (non-hydrogen) atoms. The topological polar surface area (TPSA) is 43.4 Å². The van der Waals surface area contributed by atoms with Crippen LogP contribution in [0.15, 0.2) is 59.8 Å². The van der Waals surface area contributed by atoms with Crippen LogP contribution in [-0.4, -0.2) is 17.4 Å². The van der Waals surface area contributed by atoms with Gasteiger partial charge in [-0.1, -0.05) is 24.3 Å². The van der Waals surface area contributed by atoms with E-state index in [0.717, 1.165) is 35.6 Å². The number of hydrogen-bond donors (Lipinski definition) is 2. The molecule has 3 aromatic rings. The molecular weight excluding hydrogens is 284 g/mol. The Morgan fingerprint density at radius 3 is 2.96 bits per heavy atom. The molecule has 4 nitrogen and oxygen atoms in total. The van der Waals surface area contributed by atoms with E-state index < -0.39 is 0 Å². The quantitative estimate of drug-likeness (QED) is 0.659. The maximum absolute atomic E-state index is 4.67. The first kappa shape index (κ1) is 12.5. The maximum atomic E-state index is 4.67. The Bertz CT molecular complexity index is 964. The second-order valence-electron chi connectivity index (χ2n) is 5.91. The lowest BCUT2D eigenvalue weighted by atomic mass is 10.1. The molecule has 2 aliphatic heterocycles. The summed E-state index contributed by atoms with van der Waals surface area (Å²) in [5, 5.41) is 5.83. The molecule has 0 spiro atoms. The fraction of sp³-hybridized carbons (Fsp3) is 0.105. The van der Waals surface area contributed by atoms with Crippen LogP contribution in [0.25, 0.3) is 17.0 Å². The Morgan fingerprint density at radius 2 is 1.96 bits per heavy atom. The van der Waals surface area contributed by atoms with E-state index in [1.54, 1.807) is 0 Å². The third kappa shape index (κ3) is 1.88. The fourth-order valence-corrected chi connectivity index (χ4v) is 3.46. The molecule has 1 aromatic heterocycles. The lowest BCUT2D eigenvalue weighted by molar-refractivity contribution is 1.02. The largest absolute Gasteiger partial charge is 0.361 e. The van der Waals surface area contributed by atoms with Crippen LogP contribution in [-0.2, 0) is 6.42 Å². The second kappa shape index (κ2) is 4.74. The summed E-state index contributed by atoms with van der Waals surface area (Å²) in [7, 11) is 0. The number of aromatic nitrogens is 1. The van der Waals surface area contributed by atoms with Crippen molar-refractivity contribution in [3.63, 3.8) is 0 Å². The van der Waals surface area contributed by atoms with Crippen LogP contribution in [0.5, 0.6) is 0 Å². The summed E-state index contributed by atoms with van der Waals surface area (Å²) >= 11 is 0. The first-order chi connectivity index (χ1) is 11.4. The standard InChI is InChI=1S/C19H16N4/c1-2-4-17-13(3-1)10-12-23(17)18-8-6-14-5-7-16-15(9-11-20-16)19(14)22-21-18/h1-9,11,20,22H,10,12H2. The van der Waals surface area contributed by atoms with E-state index in [0.29, 0.717) is 0 Å². The van der Waals surface area contributed by atoms with E-state index in [1.807, 2.05) is 6.20 Å². The fourth-order valence-electron chi connectivity index (χ4n) is 3.46. The lowest BCUT2D eigenvalue weighted by Crippen LogP contribution is -2.27. The zero-order chi connectivity index (χ0) is 15.2. The van der Waals surface area contributed by atoms with Gasteiger partial charge < -0.3 is 9.88 Å². The molecular formula is C19H16N4. The molecule has 3 heterocycles. The van der Waals surface area contributed by atoms with Gasteiger partial charge in [-0.15, -0.1) is 0 Å². The summed E-state index contributed by atoms with van der Waals surface area (Å²) in [6, 6.07) is 14.9. The van der Waals surface area contributed by atoms with Crippen molar-refractivity contribution >= 4 is 34.2 Å². The van der Waals surface area contributed by atoms with Crippen LogP contribution in [0.3, 0.4) is 0 Å². The van der Waals surface area contributed by atoms with Gasteiger partial charge in [-0.05, 0) is 42.3 Å². The van der Waals surface area contributed by atoms with Crippen molar-refractivity contribution in [2.24, 2.45) is 5.10 Å². The molecule has 2 aliphatic rings. The van der Waals surface area contributed by atoms with Crippen LogP contribution in [0.2, 0.25) is 0 Å². The minimum atomic E-state index is 0.954. The molecule has 0 aliphatic carbocycles. The Kier molecular flexibility index (Phi) is 2.58. The van der Waals surface area contributed by atoms with Crippen molar-refractivity contribution < 1.29 is 0 Å². The Morgan fingerprint density at radius 1 is 1.00 bits per heavy atom. The van der Waals surface area contributed by atoms with Gasteiger partial charge in [0.25, 0.3) is 0 Å². The van der Waals surface area contributed by atoms with Crippen molar-refractivity contribution in [2.75, 3.05) is 16.9 Å². The van der Waals surface area contributed by atoms with Crippen LogP contribution in [0.1, 0.15) is 11.1 Å². The smallest absolute Gasteiger partial charge is 0.153 e. The lowest BCUT2D eigenvalue weighted by Gasteiger charge is -2.18. The minimum Gasteiger partial charge on any atom is -0.361 e. The predicted octanol–water partition coefficient (Wildman–Crippen LogP) is 3.98. The summed E-state index contributed by atoms with van der Waals surface area (Å²) in [6.45, 7) is 0.972. The predicted molar refractivity (Wildman–Crippen MR) is 95.9 cm³/mol. The molecule has 0 amide bonds. The molecule has 0 unspecified atom stereocenters. The number of hydrazone groups is 1. The number of amidine groups is 1. The summed E-state index contributed by atoms with van der Waals surface area (Å²) in [5.41, 5.74) is 9.26. The number of nitrogens with one attached hydrogen (secondary N) is 2. The molecule has 2 aromatic carbocycles. The van der Waals surface area contributed by atoms with E-state index in [1.165, 1.54) is 16.6 Å². The van der Waals surface area contributed by atoms with Crippen molar-refractivity contribution in [1.29, 1.82) is 0 Å². The number of fused-ring (bicyclic) bond motifs is 4. The van der Waals surface area contributed by atoms with E-state index in [2.05, 4.69) is 75.0 Å². The molecule has 0 bridgehead atoms. The summed E-state index contributed by atoms with van der Waals surface area (Å²) in [6.07, 6.45) is 7.27. The Balaban J connectivity index is 1.57. The first-order valence-electron chi connectivity index (χ1n) is 7.87. The van der Waals surface area contributed by atoms with Crippen LogP contribution < -0.4 is 10.3 Å². The molecule has 0 radical (unpaired) electrons. The number of H-pyrrole nitrogens is 1. The molecule has 112 valence electrons. The average Bonchev–Trinajstić information content (AvgIpc) is 3.17. The van der Waals surface area contributed by atoms with E-state index >= 15 is 0 Å². The van der Waals surface area contributed by atoms with Gasteiger partial charge in [0.1, 0.15) is 0 Å². The molecule has 5 rings (SSSR count). The van der Waals surface area contributed by atoms with E-state index in [9.17, 15) is 0 Å². The van der Waals surface area contributed by atoms with Gasteiger partial charge in [0.2, 0.25) is 0 Å². The van der Waals surface area contributed by atoms with Gasteiger partial charge in [0, 0.05) is 34.9 Å². The Hall–Kier alpha value is -3.01. The summed E-state index contributed by atoms with van der Waals surface area (Å²) in [5.74, 6) is 0.954. The SMILES string of the molecule is C1=Cc2ccc3[nH]ccc3c2NN=C1N1CCc2ccccc21. The monoisotopic (exact) mass is 300 g/mol. The van der Waals surface area contributed by atoms with E-state index in [4.69, 9.17) is 0 Å². The highest BCUT2D eigenvalue weighted by molar-refractivity contribution is 6.11. The highest BCUT2D eigenvalue weighted by atomic mass is 15.4. The van der Waals surface area contributed by atoms with Gasteiger partial charge in [0.15, 0.2) is 5.84 Å². The second-order valence-corrected chi connectivity index (χ2v) is 5.91. The van der Waals surface area contributed by atoms with Gasteiger partial charge in [-0.2, -0.15) is 5.10 Å². The number of rotatable bonds is 0. The number of anilines is 2. The molecule has 0 atom stereocenters. The van der Waals surface area contributed by atoms with Crippen LogP contribution in [0, 0.1) is 0 Å². The van der Waals surface area contributed by atoms with Gasteiger partial charge in [0.05, 0.1) is 5.69 Å². The average molecular weight is 300 g/mol. The number of para-hydroxylation sites is 1. The van der Waals surface area contributed by atoms with Crippen molar-refractivity contribution in [1.82, 2.24) is 4.98 Å². The number of hydrogen-bond acceptors (Lipinski definition) is 3. The highest BCUT2D eigenvalue weighted by Gasteiger charge is 2.22.